The lowest BCUT2D eigenvalue weighted by Crippen LogP contribution is -2.47. The van der Waals surface area contributed by atoms with Crippen molar-refractivity contribution in [1.29, 1.82) is 0 Å². The molecule has 1 unspecified atom stereocenters. The van der Waals surface area contributed by atoms with E-state index >= 15 is 0 Å². The maximum absolute atomic E-state index is 14.8. The van der Waals surface area contributed by atoms with Crippen LogP contribution in [-0.4, -0.2) is 59.6 Å². The molecular weight excluding hydrogens is 578 g/mol. The van der Waals surface area contributed by atoms with E-state index < -0.39 is 0 Å². The summed E-state index contributed by atoms with van der Waals surface area (Å²) >= 11 is 7.56. The van der Waals surface area contributed by atoms with Crippen molar-refractivity contribution in [3.63, 3.8) is 0 Å². The number of rotatable bonds is 8. The minimum Gasteiger partial charge on any atom is -0.336 e. The molecule has 0 saturated carbocycles. The number of nitrogens with one attached hydrogen (secondary N) is 2. The van der Waals surface area contributed by atoms with Crippen molar-refractivity contribution in [1.82, 2.24) is 25.1 Å². The van der Waals surface area contributed by atoms with Crippen LogP contribution in [0.5, 0.6) is 0 Å². The van der Waals surface area contributed by atoms with Crippen molar-refractivity contribution in [2.24, 2.45) is 5.92 Å². The summed E-state index contributed by atoms with van der Waals surface area (Å²) in [6, 6.07) is 15.7. The van der Waals surface area contributed by atoms with Gasteiger partial charge >= 0.3 is 0 Å². The third-order valence-electron chi connectivity index (χ3n) is 8.65. The van der Waals surface area contributed by atoms with E-state index in [1.54, 1.807) is 0 Å². The van der Waals surface area contributed by atoms with Crippen LogP contribution in [0, 0.1) is 5.92 Å². The highest BCUT2D eigenvalue weighted by Crippen LogP contribution is 2.32. The number of amides is 1. The molecule has 7 nitrogen and oxygen atoms in total. The lowest BCUT2D eigenvalue weighted by Gasteiger charge is -2.30. The molecule has 2 aliphatic heterocycles. The Morgan fingerprint density at radius 1 is 1.02 bits per heavy atom. The van der Waals surface area contributed by atoms with Crippen molar-refractivity contribution in [3.05, 3.63) is 91.7 Å². The van der Waals surface area contributed by atoms with Gasteiger partial charge in [-0.05, 0) is 74.0 Å². The summed E-state index contributed by atoms with van der Waals surface area (Å²) in [7, 11) is 0. The van der Waals surface area contributed by atoms with Gasteiger partial charge in [-0.2, -0.15) is 0 Å². The number of halogens is 1. The van der Waals surface area contributed by atoms with E-state index in [0.717, 1.165) is 79.2 Å². The Hall–Kier alpha value is -3.30. The summed E-state index contributed by atoms with van der Waals surface area (Å²) in [6.45, 7) is 8.88. The van der Waals surface area contributed by atoms with Gasteiger partial charge in [0.15, 0.2) is 0 Å². The van der Waals surface area contributed by atoms with Gasteiger partial charge in [0.1, 0.15) is 5.01 Å². The molecule has 1 atom stereocenters. The molecular formula is C34H38ClN5O2S. The molecule has 1 amide bonds. The summed E-state index contributed by atoms with van der Waals surface area (Å²) in [6.07, 6.45) is 3.24. The standard InChI is InChI=1S/C34H38ClN5O2S/c1-3-23-6-5-7-24(4-2)31(23)40-30(18-22-12-13-37-20-22)27(33(41)39-16-14-36-15-17-39)19-28(34(40)42)32-38-29(21-43-32)25-8-10-26(35)11-9-25/h5-11,19,21-22,36-37H,3-4,12-18,20H2,1-2H3. The van der Waals surface area contributed by atoms with Crippen LogP contribution in [0.2, 0.25) is 5.02 Å². The average Bonchev–Trinajstić information content (AvgIpc) is 3.75. The van der Waals surface area contributed by atoms with Crippen molar-refractivity contribution in [2.75, 3.05) is 39.3 Å². The molecule has 4 heterocycles. The number of carbonyl (C=O) groups is 1. The zero-order valence-corrected chi connectivity index (χ0v) is 26.4. The Morgan fingerprint density at radius 2 is 1.74 bits per heavy atom. The maximum Gasteiger partial charge on any atom is 0.265 e. The summed E-state index contributed by atoms with van der Waals surface area (Å²) in [5, 5.41) is 10.1. The van der Waals surface area contributed by atoms with E-state index in [2.05, 4.69) is 42.7 Å². The number of carbonyl (C=O) groups excluding carboxylic acids is 1. The van der Waals surface area contributed by atoms with Crippen molar-refractivity contribution >= 4 is 28.8 Å². The predicted molar refractivity (Wildman–Crippen MR) is 176 cm³/mol. The van der Waals surface area contributed by atoms with Crippen LogP contribution in [0.15, 0.2) is 58.7 Å². The van der Waals surface area contributed by atoms with Gasteiger partial charge in [-0.3, -0.25) is 14.2 Å². The van der Waals surface area contributed by atoms with Crippen LogP contribution in [0.3, 0.4) is 0 Å². The van der Waals surface area contributed by atoms with Gasteiger partial charge in [-0.25, -0.2) is 4.98 Å². The molecule has 2 aliphatic rings. The molecule has 2 aromatic carbocycles. The zero-order chi connectivity index (χ0) is 29.9. The Kier molecular flexibility index (Phi) is 9.09. The minimum atomic E-state index is -0.120. The Bertz CT molecular complexity index is 1650. The largest absolute Gasteiger partial charge is 0.336 e. The van der Waals surface area contributed by atoms with E-state index in [1.807, 2.05) is 45.2 Å². The summed E-state index contributed by atoms with van der Waals surface area (Å²) in [4.78, 5) is 36.0. The number of aromatic nitrogens is 2. The number of aryl methyl sites for hydroxylation is 2. The van der Waals surface area contributed by atoms with Crippen LogP contribution < -0.4 is 16.2 Å². The van der Waals surface area contributed by atoms with Gasteiger partial charge in [0.05, 0.1) is 22.5 Å². The quantitative estimate of drug-likeness (QED) is 0.270. The molecule has 43 heavy (non-hydrogen) atoms. The molecule has 2 fully saturated rings. The fourth-order valence-electron chi connectivity index (χ4n) is 6.28. The smallest absolute Gasteiger partial charge is 0.265 e. The van der Waals surface area contributed by atoms with E-state index in [4.69, 9.17) is 16.6 Å². The monoisotopic (exact) mass is 615 g/mol. The van der Waals surface area contributed by atoms with Gasteiger partial charge < -0.3 is 15.5 Å². The zero-order valence-electron chi connectivity index (χ0n) is 24.8. The van der Waals surface area contributed by atoms with Gasteiger partial charge in [-0.1, -0.05) is 55.8 Å². The highest BCUT2D eigenvalue weighted by molar-refractivity contribution is 7.13. The predicted octanol–water partition coefficient (Wildman–Crippen LogP) is 5.60. The van der Waals surface area contributed by atoms with Gasteiger partial charge in [0.25, 0.3) is 11.5 Å². The molecule has 6 rings (SSSR count). The van der Waals surface area contributed by atoms with Crippen LogP contribution in [0.4, 0.5) is 0 Å². The maximum atomic E-state index is 14.8. The van der Waals surface area contributed by atoms with Crippen LogP contribution in [0.25, 0.3) is 27.5 Å². The van der Waals surface area contributed by atoms with Crippen molar-refractivity contribution in [2.45, 2.75) is 39.5 Å². The number of hydrogen-bond acceptors (Lipinski definition) is 6. The molecule has 0 bridgehead atoms. The minimum absolute atomic E-state index is 0.0148. The lowest BCUT2D eigenvalue weighted by molar-refractivity contribution is 0.0733. The van der Waals surface area contributed by atoms with Gasteiger partial charge in [0, 0.05) is 47.8 Å². The van der Waals surface area contributed by atoms with E-state index in [9.17, 15) is 9.59 Å². The molecule has 2 aromatic heterocycles. The SMILES string of the molecule is CCc1cccc(CC)c1-n1c(CC2CCNC2)c(C(=O)N2CCNCC2)cc(-c2nc(-c3ccc(Cl)cc3)cs2)c1=O. The molecule has 2 N–H and O–H groups in total. The lowest BCUT2D eigenvalue weighted by atomic mass is 9.95. The molecule has 9 heteroatoms. The first-order chi connectivity index (χ1) is 21.0. The third-order valence-corrected chi connectivity index (χ3v) is 9.77. The Labute approximate surface area is 261 Å². The fourth-order valence-corrected chi connectivity index (χ4v) is 7.24. The summed E-state index contributed by atoms with van der Waals surface area (Å²) in [5.74, 6) is 0.334. The number of piperazine rings is 1. The normalized spacial score (nSPS) is 17.0. The summed E-state index contributed by atoms with van der Waals surface area (Å²) < 4.78 is 1.89. The van der Waals surface area contributed by atoms with Crippen molar-refractivity contribution < 1.29 is 4.79 Å². The fraction of sp³-hybridized carbons (Fsp3) is 0.382. The van der Waals surface area contributed by atoms with Crippen LogP contribution in [0.1, 0.15) is 47.4 Å². The molecule has 0 radical (unpaired) electrons. The number of nitrogens with zero attached hydrogens (tertiary/aromatic N) is 3. The topological polar surface area (TPSA) is 79.3 Å². The second kappa shape index (κ2) is 13.1. The Balaban J connectivity index is 1.61. The molecule has 4 aromatic rings. The molecule has 224 valence electrons. The van der Waals surface area contributed by atoms with E-state index in [1.165, 1.54) is 11.3 Å². The van der Waals surface area contributed by atoms with E-state index in [-0.39, 0.29) is 11.5 Å². The first kappa shape index (κ1) is 29.8. The molecule has 0 spiro atoms. The average molecular weight is 616 g/mol. The highest BCUT2D eigenvalue weighted by atomic mass is 35.5. The number of benzene rings is 2. The first-order valence-corrected chi connectivity index (χ1v) is 16.6. The molecule has 0 aliphatic carbocycles. The molecule has 2 saturated heterocycles. The van der Waals surface area contributed by atoms with E-state index in [0.29, 0.717) is 46.6 Å². The van der Waals surface area contributed by atoms with Crippen LogP contribution >= 0.6 is 22.9 Å². The first-order valence-electron chi connectivity index (χ1n) is 15.3. The highest BCUT2D eigenvalue weighted by Gasteiger charge is 2.30. The van der Waals surface area contributed by atoms with Crippen molar-refractivity contribution in [3.8, 4) is 27.5 Å². The third kappa shape index (κ3) is 6.07. The number of pyridine rings is 1. The second-order valence-electron chi connectivity index (χ2n) is 11.3. The number of para-hydroxylation sites is 1. The second-order valence-corrected chi connectivity index (χ2v) is 12.6. The summed E-state index contributed by atoms with van der Waals surface area (Å²) in [5.41, 5.74) is 6.60. The van der Waals surface area contributed by atoms with Gasteiger partial charge in [-0.15, -0.1) is 11.3 Å². The van der Waals surface area contributed by atoms with Crippen LogP contribution in [-0.2, 0) is 19.3 Å². The number of thiazole rings is 1. The Morgan fingerprint density at radius 3 is 2.40 bits per heavy atom. The number of hydrogen-bond donors (Lipinski definition) is 2. The van der Waals surface area contributed by atoms with Gasteiger partial charge in [0.2, 0.25) is 0 Å².